The van der Waals surface area contributed by atoms with Crippen LogP contribution in [0.3, 0.4) is 0 Å². The van der Waals surface area contributed by atoms with Crippen LogP contribution in [0.25, 0.3) is 0 Å². The molecule has 0 radical (unpaired) electrons. The van der Waals surface area contributed by atoms with Crippen LogP contribution >= 0.6 is 0 Å². The lowest BCUT2D eigenvalue weighted by atomic mass is 9.86. The van der Waals surface area contributed by atoms with E-state index in [1.54, 1.807) is 0 Å². The van der Waals surface area contributed by atoms with E-state index in [9.17, 15) is 0 Å². The molecular weight excluding hydrogens is 160 g/mol. The topological polar surface area (TPSA) is 15.3 Å². The number of nitrogens with one attached hydrogen (secondary N) is 1. The van der Waals surface area contributed by atoms with E-state index in [0.717, 1.165) is 12.5 Å². The zero-order chi connectivity index (χ0) is 9.90. The number of likely N-dealkylation sites (N-methyl/N-ethyl adjacent to an activating group) is 2. The number of likely N-dealkylation sites (tertiary alicyclic amines) is 1. The molecule has 0 aliphatic carbocycles. The second-order valence-corrected chi connectivity index (χ2v) is 4.88. The van der Waals surface area contributed by atoms with Crippen molar-refractivity contribution in [3.63, 3.8) is 0 Å². The molecule has 0 amide bonds. The fourth-order valence-corrected chi connectivity index (χ4v) is 2.72. The van der Waals surface area contributed by atoms with E-state index in [0.29, 0.717) is 5.54 Å². The van der Waals surface area contributed by atoms with Gasteiger partial charge in [-0.1, -0.05) is 13.8 Å². The van der Waals surface area contributed by atoms with Gasteiger partial charge in [0, 0.05) is 12.1 Å². The van der Waals surface area contributed by atoms with Gasteiger partial charge >= 0.3 is 0 Å². The number of rotatable bonds is 4. The minimum absolute atomic E-state index is 0.447. The molecule has 2 heteroatoms. The molecule has 0 saturated carbocycles. The smallest absolute Gasteiger partial charge is 0.0333 e. The Labute approximate surface area is 82.7 Å². The Kier molecular flexibility index (Phi) is 3.74. The van der Waals surface area contributed by atoms with Crippen molar-refractivity contribution in [2.75, 3.05) is 27.2 Å². The summed E-state index contributed by atoms with van der Waals surface area (Å²) in [5.74, 6) is 0.800. The van der Waals surface area contributed by atoms with Crippen LogP contribution in [0.15, 0.2) is 0 Å². The molecule has 0 spiro atoms. The molecule has 1 atom stereocenters. The standard InChI is InChI=1S/C11H24N2/c1-10(2)8-11(9-12-3)6-5-7-13(11)4/h10,12H,5-9H2,1-4H3. The Morgan fingerprint density at radius 1 is 1.46 bits per heavy atom. The molecule has 2 nitrogen and oxygen atoms in total. The van der Waals surface area contributed by atoms with Gasteiger partial charge in [-0.2, -0.15) is 0 Å². The molecule has 1 aliphatic heterocycles. The van der Waals surface area contributed by atoms with Crippen LogP contribution in [0.2, 0.25) is 0 Å². The van der Waals surface area contributed by atoms with E-state index < -0.39 is 0 Å². The van der Waals surface area contributed by atoms with Crippen LogP contribution in [-0.2, 0) is 0 Å². The van der Waals surface area contributed by atoms with Gasteiger partial charge in [0.05, 0.1) is 0 Å². The first-order valence-electron chi connectivity index (χ1n) is 5.46. The van der Waals surface area contributed by atoms with E-state index in [-0.39, 0.29) is 0 Å². The quantitative estimate of drug-likeness (QED) is 0.715. The largest absolute Gasteiger partial charge is 0.318 e. The van der Waals surface area contributed by atoms with Gasteiger partial charge < -0.3 is 5.32 Å². The normalized spacial score (nSPS) is 30.2. The first kappa shape index (κ1) is 11.0. The molecule has 1 heterocycles. The molecule has 0 aromatic carbocycles. The third kappa shape index (κ3) is 2.44. The van der Waals surface area contributed by atoms with Gasteiger partial charge in [0.2, 0.25) is 0 Å². The molecule has 1 saturated heterocycles. The third-order valence-corrected chi connectivity index (χ3v) is 3.24. The summed E-state index contributed by atoms with van der Waals surface area (Å²) < 4.78 is 0. The number of nitrogens with zero attached hydrogens (tertiary/aromatic N) is 1. The molecule has 0 aromatic rings. The second kappa shape index (κ2) is 4.43. The van der Waals surface area contributed by atoms with Crippen molar-refractivity contribution in [3.05, 3.63) is 0 Å². The van der Waals surface area contributed by atoms with E-state index in [4.69, 9.17) is 0 Å². The molecular formula is C11H24N2. The number of hydrogen-bond acceptors (Lipinski definition) is 2. The summed E-state index contributed by atoms with van der Waals surface area (Å²) in [5.41, 5.74) is 0.447. The van der Waals surface area contributed by atoms with Crippen LogP contribution in [0, 0.1) is 5.92 Å². The highest BCUT2D eigenvalue weighted by atomic mass is 15.2. The Balaban J connectivity index is 2.62. The zero-order valence-electron chi connectivity index (χ0n) is 9.56. The van der Waals surface area contributed by atoms with Gasteiger partial charge in [0.15, 0.2) is 0 Å². The predicted octanol–water partition coefficient (Wildman–Crippen LogP) is 1.72. The highest BCUT2D eigenvalue weighted by molar-refractivity contribution is 4.96. The Bertz CT molecular complexity index is 156. The fourth-order valence-electron chi connectivity index (χ4n) is 2.72. The predicted molar refractivity (Wildman–Crippen MR) is 58.0 cm³/mol. The van der Waals surface area contributed by atoms with Gasteiger partial charge in [0.1, 0.15) is 0 Å². The maximum Gasteiger partial charge on any atom is 0.0333 e. The Morgan fingerprint density at radius 3 is 2.54 bits per heavy atom. The third-order valence-electron chi connectivity index (χ3n) is 3.24. The average molecular weight is 184 g/mol. The van der Waals surface area contributed by atoms with E-state index >= 15 is 0 Å². The lowest BCUT2D eigenvalue weighted by Crippen LogP contribution is -2.49. The first-order chi connectivity index (χ1) is 6.10. The molecule has 1 rings (SSSR count). The highest BCUT2D eigenvalue weighted by Crippen LogP contribution is 2.33. The monoisotopic (exact) mass is 184 g/mol. The van der Waals surface area contributed by atoms with Crippen molar-refractivity contribution >= 4 is 0 Å². The zero-order valence-corrected chi connectivity index (χ0v) is 9.56. The maximum absolute atomic E-state index is 3.34. The highest BCUT2D eigenvalue weighted by Gasteiger charge is 2.38. The molecule has 0 bridgehead atoms. The van der Waals surface area contributed by atoms with Gasteiger partial charge in [-0.3, -0.25) is 4.90 Å². The van der Waals surface area contributed by atoms with E-state index in [2.05, 4.69) is 38.2 Å². The fraction of sp³-hybridized carbons (Fsp3) is 1.00. The SMILES string of the molecule is CNCC1(CC(C)C)CCCN1C. The van der Waals surface area contributed by atoms with Crippen molar-refractivity contribution in [1.29, 1.82) is 0 Å². The minimum atomic E-state index is 0.447. The summed E-state index contributed by atoms with van der Waals surface area (Å²) in [4.78, 5) is 2.55. The molecule has 78 valence electrons. The lowest BCUT2D eigenvalue weighted by molar-refractivity contribution is 0.141. The summed E-state index contributed by atoms with van der Waals surface area (Å²) >= 11 is 0. The maximum atomic E-state index is 3.34. The molecule has 13 heavy (non-hydrogen) atoms. The van der Waals surface area contributed by atoms with Crippen molar-refractivity contribution in [1.82, 2.24) is 10.2 Å². The number of hydrogen-bond donors (Lipinski definition) is 1. The summed E-state index contributed by atoms with van der Waals surface area (Å²) in [5, 5.41) is 3.34. The van der Waals surface area contributed by atoms with E-state index in [1.165, 1.54) is 25.8 Å². The average Bonchev–Trinajstić information content (AvgIpc) is 2.32. The van der Waals surface area contributed by atoms with Gasteiger partial charge in [-0.25, -0.2) is 0 Å². The molecule has 1 unspecified atom stereocenters. The van der Waals surface area contributed by atoms with Gasteiger partial charge in [-0.15, -0.1) is 0 Å². The van der Waals surface area contributed by atoms with Crippen molar-refractivity contribution in [2.24, 2.45) is 5.92 Å². The molecule has 1 fully saturated rings. The first-order valence-corrected chi connectivity index (χ1v) is 5.46. The van der Waals surface area contributed by atoms with E-state index in [1.807, 2.05) is 0 Å². The van der Waals surface area contributed by atoms with Gasteiger partial charge in [0.25, 0.3) is 0 Å². The summed E-state index contributed by atoms with van der Waals surface area (Å²) in [6, 6.07) is 0. The van der Waals surface area contributed by atoms with Crippen LogP contribution in [0.5, 0.6) is 0 Å². The van der Waals surface area contributed by atoms with Crippen LogP contribution in [0.1, 0.15) is 33.1 Å². The van der Waals surface area contributed by atoms with Crippen molar-refractivity contribution in [2.45, 2.75) is 38.6 Å². The summed E-state index contributed by atoms with van der Waals surface area (Å²) in [6.07, 6.45) is 4.05. The molecule has 1 aliphatic rings. The van der Waals surface area contributed by atoms with Crippen LogP contribution in [-0.4, -0.2) is 37.6 Å². The second-order valence-electron chi connectivity index (χ2n) is 4.88. The Hall–Kier alpha value is -0.0800. The Morgan fingerprint density at radius 2 is 2.15 bits per heavy atom. The van der Waals surface area contributed by atoms with Crippen molar-refractivity contribution in [3.8, 4) is 0 Å². The summed E-state index contributed by atoms with van der Waals surface area (Å²) in [7, 11) is 4.33. The molecule has 0 aromatic heterocycles. The van der Waals surface area contributed by atoms with Gasteiger partial charge in [-0.05, 0) is 45.8 Å². The summed E-state index contributed by atoms with van der Waals surface area (Å²) in [6.45, 7) is 7.06. The van der Waals surface area contributed by atoms with Crippen LogP contribution in [0.4, 0.5) is 0 Å². The lowest BCUT2D eigenvalue weighted by Gasteiger charge is -2.37. The molecule has 1 N–H and O–H groups in total. The van der Waals surface area contributed by atoms with Crippen LogP contribution < -0.4 is 5.32 Å². The minimum Gasteiger partial charge on any atom is -0.318 e. The van der Waals surface area contributed by atoms with Crippen molar-refractivity contribution < 1.29 is 0 Å².